The van der Waals surface area contributed by atoms with Crippen LogP contribution in [0.25, 0.3) is 0 Å². The lowest BCUT2D eigenvalue weighted by Gasteiger charge is -2.07. The highest BCUT2D eigenvalue weighted by atomic mass is 79.9. The van der Waals surface area contributed by atoms with Gasteiger partial charge in [-0.1, -0.05) is 42.0 Å². The molecule has 4 aromatic rings. The van der Waals surface area contributed by atoms with Crippen LogP contribution in [0.2, 0.25) is 0 Å². The van der Waals surface area contributed by atoms with Crippen LogP contribution in [0.1, 0.15) is 38.8 Å². The fourth-order valence-corrected chi connectivity index (χ4v) is 3.88. The maximum Gasteiger partial charge on any atom is 0.291 e. The standard InChI is InChI=1S/C25H24BrN3O3/c1-16-7-6-8-19(13-16)14-29-18(3)24(17(2)28-29)27-25(30)23-12-11-20(32-23)15-31-22-10-5-4-9-21(22)26/h4-13H,14-15H2,1-3H3,(H,27,30). The minimum Gasteiger partial charge on any atom is -0.484 e. The molecule has 0 radical (unpaired) electrons. The van der Waals surface area contributed by atoms with Crippen molar-refractivity contribution in [1.29, 1.82) is 0 Å². The molecule has 0 atom stereocenters. The summed E-state index contributed by atoms with van der Waals surface area (Å²) in [6, 6.07) is 19.3. The van der Waals surface area contributed by atoms with Crippen LogP contribution in [-0.2, 0) is 13.2 Å². The average Bonchev–Trinajstić information content (AvgIpc) is 3.34. The minimum absolute atomic E-state index is 0.223. The number of nitrogens with one attached hydrogen (secondary N) is 1. The molecular formula is C25H24BrN3O3. The van der Waals surface area contributed by atoms with Crippen molar-refractivity contribution in [1.82, 2.24) is 9.78 Å². The predicted molar refractivity (Wildman–Crippen MR) is 127 cm³/mol. The molecule has 2 aromatic heterocycles. The van der Waals surface area contributed by atoms with Crippen molar-refractivity contribution in [2.45, 2.75) is 33.9 Å². The summed E-state index contributed by atoms with van der Waals surface area (Å²) >= 11 is 3.45. The fourth-order valence-electron chi connectivity index (χ4n) is 3.48. The minimum atomic E-state index is -0.321. The largest absolute Gasteiger partial charge is 0.484 e. The Hall–Kier alpha value is -3.32. The summed E-state index contributed by atoms with van der Waals surface area (Å²) < 4.78 is 14.2. The number of carbonyl (C=O) groups is 1. The van der Waals surface area contributed by atoms with Gasteiger partial charge in [-0.25, -0.2) is 0 Å². The molecule has 0 fully saturated rings. The van der Waals surface area contributed by atoms with Crippen molar-refractivity contribution in [2.24, 2.45) is 0 Å². The number of halogens is 1. The van der Waals surface area contributed by atoms with E-state index in [1.165, 1.54) is 5.56 Å². The molecule has 0 aliphatic rings. The first-order chi connectivity index (χ1) is 15.4. The Kier molecular flexibility index (Phi) is 6.46. The number of anilines is 1. The van der Waals surface area contributed by atoms with Gasteiger partial charge in [0.05, 0.1) is 28.1 Å². The first-order valence-corrected chi connectivity index (χ1v) is 11.1. The highest BCUT2D eigenvalue weighted by Crippen LogP contribution is 2.25. The number of nitrogens with zero attached hydrogens (tertiary/aromatic N) is 2. The van der Waals surface area contributed by atoms with Crippen LogP contribution in [0.5, 0.6) is 5.75 Å². The van der Waals surface area contributed by atoms with Crippen LogP contribution in [0.3, 0.4) is 0 Å². The number of hydrogen-bond donors (Lipinski definition) is 1. The molecule has 2 heterocycles. The lowest BCUT2D eigenvalue weighted by molar-refractivity contribution is 0.0992. The molecule has 4 rings (SSSR count). The highest BCUT2D eigenvalue weighted by molar-refractivity contribution is 9.10. The summed E-state index contributed by atoms with van der Waals surface area (Å²) in [5, 5.41) is 7.55. The van der Waals surface area contributed by atoms with Gasteiger partial charge in [0.1, 0.15) is 18.1 Å². The zero-order chi connectivity index (χ0) is 22.7. The number of ether oxygens (including phenoxy) is 1. The van der Waals surface area contributed by atoms with Gasteiger partial charge in [0.2, 0.25) is 0 Å². The molecule has 0 bridgehead atoms. The van der Waals surface area contributed by atoms with Gasteiger partial charge in [0, 0.05) is 0 Å². The van der Waals surface area contributed by atoms with Gasteiger partial charge in [-0.2, -0.15) is 5.10 Å². The summed E-state index contributed by atoms with van der Waals surface area (Å²) in [5.41, 5.74) is 4.71. The highest BCUT2D eigenvalue weighted by Gasteiger charge is 2.18. The Bertz CT molecular complexity index is 1260. The quantitative estimate of drug-likeness (QED) is 0.340. The van der Waals surface area contributed by atoms with E-state index < -0.39 is 0 Å². The molecule has 1 N–H and O–H groups in total. The molecule has 0 saturated carbocycles. The molecule has 164 valence electrons. The number of para-hydroxylation sites is 1. The van der Waals surface area contributed by atoms with Crippen LogP contribution in [0.4, 0.5) is 5.69 Å². The predicted octanol–water partition coefficient (Wildman–Crippen LogP) is 6.04. The van der Waals surface area contributed by atoms with Crippen LogP contribution >= 0.6 is 15.9 Å². The van der Waals surface area contributed by atoms with Crippen LogP contribution in [0, 0.1) is 20.8 Å². The van der Waals surface area contributed by atoms with Crippen molar-refractivity contribution >= 4 is 27.5 Å². The Morgan fingerprint density at radius 1 is 1.09 bits per heavy atom. The van der Waals surface area contributed by atoms with Crippen molar-refractivity contribution in [2.75, 3.05) is 5.32 Å². The molecule has 0 aliphatic heterocycles. The molecule has 2 aromatic carbocycles. The summed E-state index contributed by atoms with van der Waals surface area (Å²) in [4.78, 5) is 12.8. The Balaban J connectivity index is 1.43. The van der Waals surface area contributed by atoms with E-state index in [1.54, 1.807) is 12.1 Å². The molecule has 0 spiro atoms. The number of benzene rings is 2. The second-order valence-corrected chi connectivity index (χ2v) is 8.49. The molecule has 0 unspecified atom stereocenters. The van der Waals surface area contributed by atoms with E-state index in [2.05, 4.69) is 51.5 Å². The van der Waals surface area contributed by atoms with Gasteiger partial charge in [0.15, 0.2) is 5.76 Å². The van der Waals surface area contributed by atoms with Gasteiger partial charge < -0.3 is 14.5 Å². The fraction of sp³-hybridized carbons (Fsp3) is 0.200. The summed E-state index contributed by atoms with van der Waals surface area (Å²) in [5.74, 6) is 1.18. The number of hydrogen-bond acceptors (Lipinski definition) is 4. The van der Waals surface area contributed by atoms with E-state index in [0.717, 1.165) is 21.4 Å². The van der Waals surface area contributed by atoms with E-state index in [0.29, 0.717) is 23.7 Å². The second kappa shape index (κ2) is 9.44. The van der Waals surface area contributed by atoms with E-state index in [4.69, 9.17) is 9.15 Å². The summed E-state index contributed by atoms with van der Waals surface area (Å²) in [7, 11) is 0. The van der Waals surface area contributed by atoms with E-state index >= 15 is 0 Å². The van der Waals surface area contributed by atoms with E-state index in [1.807, 2.05) is 48.9 Å². The lowest BCUT2D eigenvalue weighted by atomic mass is 10.1. The van der Waals surface area contributed by atoms with Gasteiger partial charge in [-0.05, 0) is 66.5 Å². The van der Waals surface area contributed by atoms with Gasteiger partial charge in [0.25, 0.3) is 5.91 Å². The molecule has 0 saturated heterocycles. The molecule has 6 nitrogen and oxygen atoms in total. The Morgan fingerprint density at radius 2 is 1.91 bits per heavy atom. The van der Waals surface area contributed by atoms with E-state index in [9.17, 15) is 4.79 Å². The third-order valence-electron chi connectivity index (χ3n) is 5.13. The van der Waals surface area contributed by atoms with Crippen LogP contribution < -0.4 is 10.1 Å². The van der Waals surface area contributed by atoms with Crippen molar-refractivity contribution < 1.29 is 13.9 Å². The SMILES string of the molecule is Cc1cccc(Cn2nc(C)c(NC(=O)c3ccc(COc4ccccc4Br)o3)c2C)c1. The zero-order valence-electron chi connectivity index (χ0n) is 18.2. The molecule has 0 aliphatic carbocycles. The smallest absolute Gasteiger partial charge is 0.291 e. The topological polar surface area (TPSA) is 69.3 Å². The third kappa shape index (κ3) is 4.94. The molecule has 1 amide bonds. The number of aryl methyl sites for hydroxylation is 2. The first kappa shape index (κ1) is 21.9. The van der Waals surface area contributed by atoms with Crippen molar-refractivity contribution in [3.63, 3.8) is 0 Å². The number of furan rings is 1. The van der Waals surface area contributed by atoms with Crippen LogP contribution in [0.15, 0.2) is 69.6 Å². The molecule has 32 heavy (non-hydrogen) atoms. The first-order valence-electron chi connectivity index (χ1n) is 10.3. The lowest BCUT2D eigenvalue weighted by Crippen LogP contribution is -2.12. The zero-order valence-corrected chi connectivity index (χ0v) is 19.8. The number of amides is 1. The van der Waals surface area contributed by atoms with Gasteiger partial charge >= 0.3 is 0 Å². The maximum atomic E-state index is 12.8. The average molecular weight is 494 g/mol. The van der Waals surface area contributed by atoms with Crippen LogP contribution in [-0.4, -0.2) is 15.7 Å². The maximum absolute atomic E-state index is 12.8. The van der Waals surface area contributed by atoms with Crippen molar-refractivity contribution in [3.8, 4) is 5.75 Å². The van der Waals surface area contributed by atoms with E-state index in [-0.39, 0.29) is 18.3 Å². The second-order valence-electron chi connectivity index (χ2n) is 7.63. The normalized spacial score (nSPS) is 10.9. The monoisotopic (exact) mass is 493 g/mol. The molecule has 7 heteroatoms. The van der Waals surface area contributed by atoms with Crippen molar-refractivity contribution in [3.05, 3.63) is 99.2 Å². The molecular weight excluding hydrogens is 470 g/mol. The number of carbonyl (C=O) groups excluding carboxylic acids is 1. The third-order valence-corrected chi connectivity index (χ3v) is 5.78. The van der Waals surface area contributed by atoms with Gasteiger partial charge in [-0.3, -0.25) is 9.48 Å². The number of rotatable bonds is 7. The number of aromatic nitrogens is 2. The Labute approximate surface area is 195 Å². The summed E-state index contributed by atoms with van der Waals surface area (Å²) in [6.45, 7) is 6.76. The summed E-state index contributed by atoms with van der Waals surface area (Å²) in [6.07, 6.45) is 0. The van der Waals surface area contributed by atoms with Gasteiger partial charge in [-0.15, -0.1) is 0 Å². The Morgan fingerprint density at radius 3 is 2.69 bits per heavy atom.